The SMILES string of the molecule is COc1cc(C(=O)N2CCC[C@@H](N)C2)cc2nc(-c3ccc(C#N)n3CC3CC3)n(C)c12. The zero-order valence-corrected chi connectivity index (χ0v) is 18.5. The van der Waals surface area contributed by atoms with Crippen LogP contribution < -0.4 is 10.5 Å². The molecule has 1 aliphatic heterocycles. The Morgan fingerprint density at radius 2 is 2.12 bits per heavy atom. The molecule has 3 aromatic rings. The van der Waals surface area contributed by atoms with Gasteiger partial charge in [-0.2, -0.15) is 5.26 Å². The number of aromatic nitrogens is 3. The zero-order valence-electron chi connectivity index (χ0n) is 18.5. The van der Waals surface area contributed by atoms with Crippen molar-refractivity contribution >= 4 is 16.9 Å². The number of nitrogens with zero attached hydrogens (tertiary/aromatic N) is 5. The molecule has 0 unspecified atom stereocenters. The number of likely N-dealkylation sites (tertiary alicyclic amines) is 1. The number of fused-ring (bicyclic) bond motifs is 1. The van der Waals surface area contributed by atoms with E-state index in [9.17, 15) is 10.1 Å². The first-order valence-corrected chi connectivity index (χ1v) is 11.2. The van der Waals surface area contributed by atoms with Gasteiger partial charge in [-0.05, 0) is 55.9 Å². The Kier molecular flexibility index (Phi) is 5.14. The van der Waals surface area contributed by atoms with Gasteiger partial charge in [0.25, 0.3) is 5.91 Å². The fourth-order valence-corrected chi connectivity index (χ4v) is 4.71. The zero-order chi connectivity index (χ0) is 22.4. The number of benzene rings is 1. The number of nitriles is 1. The van der Waals surface area contributed by atoms with Gasteiger partial charge >= 0.3 is 0 Å². The summed E-state index contributed by atoms with van der Waals surface area (Å²) < 4.78 is 9.72. The summed E-state index contributed by atoms with van der Waals surface area (Å²) in [6, 6.07) is 9.75. The van der Waals surface area contributed by atoms with Crippen molar-refractivity contribution in [3.63, 3.8) is 0 Å². The van der Waals surface area contributed by atoms with E-state index in [1.165, 1.54) is 12.8 Å². The fraction of sp³-hybridized carbons (Fsp3) is 0.458. The number of imidazole rings is 1. The summed E-state index contributed by atoms with van der Waals surface area (Å²) in [4.78, 5) is 19.9. The second kappa shape index (κ2) is 7.99. The molecule has 1 atom stereocenters. The van der Waals surface area contributed by atoms with Crippen molar-refractivity contribution in [1.29, 1.82) is 5.26 Å². The van der Waals surface area contributed by atoms with E-state index in [2.05, 4.69) is 10.6 Å². The maximum atomic E-state index is 13.2. The number of nitrogens with two attached hydrogens (primary N) is 1. The van der Waals surface area contributed by atoms with Gasteiger partial charge in [0.15, 0.2) is 5.82 Å². The van der Waals surface area contributed by atoms with Crippen molar-refractivity contribution in [1.82, 2.24) is 19.0 Å². The van der Waals surface area contributed by atoms with E-state index in [1.807, 2.05) is 34.7 Å². The number of hydrogen-bond donors (Lipinski definition) is 1. The molecule has 0 spiro atoms. The lowest BCUT2D eigenvalue weighted by atomic mass is 10.0. The molecule has 8 heteroatoms. The molecule has 0 radical (unpaired) electrons. The van der Waals surface area contributed by atoms with E-state index in [4.69, 9.17) is 15.5 Å². The highest BCUT2D eigenvalue weighted by atomic mass is 16.5. The Balaban J connectivity index is 1.58. The van der Waals surface area contributed by atoms with Crippen molar-refractivity contribution in [3.05, 3.63) is 35.5 Å². The molecule has 2 N–H and O–H groups in total. The van der Waals surface area contributed by atoms with Gasteiger partial charge in [-0.3, -0.25) is 4.79 Å². The summed E-state index contributed by atoms with van der Waals surface area (Å²) in [6.45, 7) is 2.11. The molecule has 1 saturated heterocycles. The Morgan fingerprint density at radius 1 is 1.31 bits per heavy atom. The first kappa shape index (κ1) is 20.6. The van der Waals surface area contributed by atoms with E-state index in [0.29, 0.717) is 41.5 Å². The van der Waals surface area contributed by atoms with Crippen LogP contribution in [0.5, 0.6) is 5.75 Å². The lowest BCUT2D eigenvalue weighted by molar-refractivity contribution is 0.0708. The predicted molar refractivity (Wildman–Crippen MR) is 121 cm³/mol. The predicted octanol–water partition coefficient (Wildman–Crippen LogP) is 2.90. The number of hydrogen-bond acceptors (Lipinski definition) is 5. The third-order valence-electron chi connectivity index (χ3n) is 6.61. The number of amides is 1. The molecule has 32 heavy (non-hydrogen) atoms. The van der Waals surface area contributed by atoms with Crippen molar-refractivity contribution < 1.29 is 9.53 Å². The van der Waals surface area contributed by atoms with Crippen LogP contribution in [0.4, 0.5) is 0 Å². The van der Waals surface area contributed by atoms with Gasteiger partial charge in [0.2, 0.25) is 0 Å². The van der Waals surface area contributed by atoms with Crippen LogP contribution in [0, 0.1) is 17.2 Å². The monoisotopic (exact) mass is 432 g/mol. The number of carbonyl (C=O) groups is 1. The maximum absolute atomic E-state index is 13.2. The number of piperidine rings is 1. The van der Waals surface area contributed by atoms with Crippen LogP contribution >= 0.6 is 0 Å². The van der Waals surface area contributed by atoms with Crippen LogP contribution in [0.2, 0.25) is 0 Å². The van der Waals surface area contributed by atoms with Gasteiger partial charge in [-0.15, -0.1) is 0 Å². The van der Waals surface area contributed by atoms with Gasteiger partial charge in [-0.25, -0.2) is 4.98 Å². The lowest BCUT2D eigenvalue weighted by Crippen LogP contribution is -2.45. The molecule has 1 aliphatic carbocycles. The molecule has 1 amide bonds. The smallest absolute Gasteiger partial charge is 0.254 e. The highest BCUT2D eigenvalue weighted by Crippen LogP contribution is 2.36. The minimum Gasteiger partial charge on any atom is -0.494 e. The third kappa shape index (κ3) is 3.53. The van der Waals surface area contributed by atoms with Crippen LogP contribution in [0.1, 0.15) is 41.7 Å². The molecule has 1 saturated carbocycles. The average Bonchev–Trinajstić information content (AvgIpc) is 3.44. The van der Waals surface area contributed by atoms with Crippen molar-refractivity contribution in [2.75, 3.05) is 20.2 Å². The van der Waals surface area contributed by atoms with E-state index in [1.54, 1.807) is 13.2 Å². The van der Waals surface area contributed by atoms with Crippen LogP contribution in [0.3, 0.4) is 0 Å². The molecule has 2 fully saturated rings. The Hall–Kier alpha value is -3.31. The second-order valence-corrected chi connectivity index (χ2v) is 8.96. The normalized spacial score (nSPS) is 18.7. The number of carbonyl (C=O) groups excluding carboxylic acids is 1. The van der Waals surface area contributed by atoms with Gasteiger partial charge in [0.1, 0.15) is 23.0 Å². The van der Waals surface area contributed by atoms with Crippen LogP contribution in [0.25, 0.3) is 22.6 Å². The molecule has 166 valence electrons. The first-order chi connectivity index (χ1) is 15.5. The lowest BCUT2D eigenvalue weighted by Gasteiger charge is -2.30. The quantitative estimate of drug-likeness (QED) is 0.668. The average molecular weight is 433 g/mol. The second-order valence-electron chi connectivity index (χ2n) is 8.96. The minimum atomic E-state index is -0.0450. The number of aryl methyl sites for hydroxylation is 1. The minimum absolute atomic E-state index is 0.0216. The highest BCUT2D eigenvalue weighted by molar-refractivity contribution is 6.00. The van der Waals surface area contributed by atoms with Crippen molar-refractivity contribution in [3.8, 4) is 23.3 Å². The Bertz CT molecular complexity index is 1230. The molecule has 5 rings (SSSR count). The van der Waals surface area contributed by atoms with E-state index >= 15 is 0 Å². The first-order valence-electron chi connectivity index (χ1n) is 11.2. The summed E-state index contributed by atoms with van der Waals surface area (Å²) in [5.74, 6) is 1.94. The standard InChI is InChI=1S/C24H28N6O2/c1-28-22-19(27-23(28)20-8-7-18(12-25)30(20)13-15-5-6-15)10-16(11-21(22)32-2)24(31)29-9-3-4-17(26)14-29/h7-8,10-11,15,17H,3-6,9,13-14,26H2,1-2H3/t17-/m1/s1. The van der Waals surface area contributed by atoms with E-state index in [0.717, 1.165) is 36.4 Å². The number of ether oxygens (including phenoxy) is 1. The molecule has 2 aliphatic rings. The number of methoxy groups -OCH3 is 1. The van der Waals surface area contributed by atoms with E-state index < -0.39 is 0 Å². The van der Waals surface area contributed by atoms with Crippen molar-refractivity contribution in [2.24, 2.45) is 18.7 Å². The summed E-state index contributed by atoms with van der Waals surface area (Å²) in [7, 11) is 3.55. The fourth-order valence-electron chi connectivity index (χ4n) is 4.71. The molecule has 8 nitrogen and oxygen atoms in total. The summed E-state index contributed by atoms with van der Waals surface area (Å²) in [6.07, 6.45) is 4.26. The molecule has 2 aromatic heterocycles. The summed E-state index contributed by atoms with van der Waals surface area (Å²) in [5.41, 5.74) is 9.71. The molecule has 1 aromatic carbocycles. The Morgan fingerprint density at radius 3 is 2.81 bits per heavy atom. The van der Waals surface area contributed by atoms with E-state index in [-0.39, 0.29) is 11.9 Å². The molecule has 3 heterocycles. The topological polar surface area (TPSA) is 102 Å². The summed E-state index contributed by atoms with van der Waals surface area (Å²) in [5, 5.41) is 9.57. The van der Waals surface area contributed by atoms with Gasteiger partial charge < -0.3 is 24.5 Å². The third-order valence-corrected chi connectivity index (χ3v) is 6.61. The molecule has 0 bridgehead atoms. The molecular weight excluding hydrogens is 404 g/mol. The van der Waals surface area contributed by atoms with Gasteiger partial charge in [0, 0.05) is 38.3 Å². The molecular formula is C24H28N6O2. The van der Waals surface area contributed by atoms with Crippen LogP contribution in [-0.2, 0) is 13.6 Å². The number of rotatable bonds is 5. The largest absolute Gasteiger partial charge is 0.494 e. The maximum Gasteiger partial charge on any atom is 0.254 e. The Labute approximate surface area is 187 Å². The highest BCUT2D eigenvalue weighted by Gasteiger charge is 2.27. The van der Waals surface area contributed by atoms with Gasteiger partial charge in [0.05, 0.1) is 18.3 Å². The van der Waals surface area contributed by atoms with Crippen LogP contribution in [-0.4, -0.2) is 51.2 Å². The summed E-state index contributed by atoms with van der Waals surface area (Å²) >= 11 is 0. The van der Waals surface area contributed by atoms with Crippen molar-refractivity contribution in [2.45, 2.75) is 38.3 Å². The van der Waals surface area contributed by atoms with Gasteiger partial charge in [-0.1, -0.05) is 0 Å². The van der Waals surface area contributed by atoms with Crippen LogP contribution in [0.15, 0.2) is 24.3 Å².